The topological polar surface area (TPSA) is 42.0 Å². The third-order valence-corrected chi connectivity index (χ3v) is 4.47. The van der Waals surface area contributed by atoms with Crippen LogP contribution in [-0.2, 0) is 16.6 Å². The second kappa shape index (κ2) is 5.61. The summed E-state index contributed by atoms with van der Waals surface area (Å²) >= 11 is 8.71. The molecule has 0 radical (unpaired) electrons. The van der Waals surface area contributed by atoms with Crippen molar-refractivity contribution in [2.24, 2.45) is 0 Å². The highest BCUT2D eigenvalue weighted by Crippen LogP contribution is 2.27. The van der Waals surface area contributed by atoms with E-state index in [4.69, 9.17) is 11.6 Å². The van der Waals surface area contributed by atoms with Crippen molar-refractivity contribution < 1.29 is 4.79 Å². The molecule has 0 bridgehead atoms. The second-order valence-electron chi connectivity index (χ2n) is 5.22. The van der Waals surface area contributed by atoms with Gasteiger partial charge in [0, 0.05) is 15.7 Å². The Kier molecular flexibility index (Phi) is 4.28. The number of thiazole rings is 1. The van der Waals surface area contributed by atoms with Crippen LogP contribution in [0.25, 0.3) is 0 Å². The summed E-state index contributed by atoms with van der Waals surface area (Å²) in [6, 6.07) is 3.67. The summed E-state index contributed by atoms with van der Waals surface area (Å²) in [7, 11) is 0. The first-order valence-corrected chi connectivity index (χ1v) is 7.92. The smallest absolute Gasteiger partial charge is 0.231 e. The van der Waals surface area contributed by atoms with Crippen LogP contribution in [0.15, 0.2) is 17.5 Å². The van der Waals surface area contributed by atoms with E-state index in [1.54, 1.807) is 6.07 Å². The number of hydrogen-bond acceptors (Lipinski definition) is 4. The summed E-state index contributed by atoms with van der Waals surface area (Å²) < 4.78 is 0.701. The molecule has 0 saturated heterocycles. The zero-order valence-electron chi connectivity index (χ0n) is 11.0. The minimum Gasteiger partial charge on any atom is -0.302 e. The van der Waals surface area contributed by atoms with Crippen LogP contribution in [0.2, 0.25) is 4.34 Å². The van der Waals surface area contributed by atoms with Gasteiger partial charge in [0.2, 0.25) is 5.91 Å². The van der Waals surface area contributed by atoms with Crippen molar-refractivity contribution in [3.05, 3.63) is 32.4 Å². The van der Waals surface area contributed by atoms with Crippen molar-refractivity contribution in [3.8, 4) is 0 Å². The molecule has 19 heavy (non-hydrogen) atoms. The number of nitrogens with zero attached hydrogens (tertiary/aromatic N) is 1. The lowest BCUT2D eigenvalue weighted by molar-refractivity contribution is -0.115. The number of rotatable bonds is 3. The summed E-state index contributed by atoms with van der Waals surface area (Å²) in [5, 5.41) is 5.46. The highest BCUT2D eigenvalue weighted by molar-refractivity contribution is 7.16. The van der Waals surface area contributed by atoms with Gasteiger partial charge in [-0.25, -0.2) is 4.98 Å². The van der Waals surface area contributed by atoms with Crippen LogP contribution in [0.4, 0.5) is 5.13 Å². The number of halogens is 1. The van der Waals surface area contributed by atoms with Crippen molar-refractivity contribution in [2.75, 3.05) is 5.32 Å². The van der Waals surface area contributed by atoms with Crippen molar-refractivity contribution in [1.29, 1.82) is 0 Å². The van der Waals surface area contributed by atoms with E-state index in [2.05, 4.69) is 31.1 Å². The number of amides is 1. The van der Waals surface area contributed by atoms with Crippen LogP contribution in [0, 0.1) is 0 Å². The van der Waals surface area contributed by atoms with Gasteiger partial charge in [-0.1, -0.05) is 32.4 Å². The fourth-order valence-corrected chi connectivity index (χ4v) is 3.48. The van der Waals surface area contributed by atoms with E-state index in [1.807, 2.05) is 11.4 Å². The standard InChI is InChI=1S/C13H15ClN2OS2/c1-13(2,3)9-7-18-12(15-9)16-11(17)6-8-4-5-10(14)19-8/h4-5,7H,6H2,1-3H3,(H,15,16,17). The Morgan fingerprint density at radius 1 is 1.42 bits per heavy atom. The Hall–Kier alpha value is -0.910. The van der Waals surface area contributed by atoms with E-state index < -0.39 is 0 Å². The number of carbonyl (C=O) groups is 1. The van der Waals surface area contributed by atoms with E-state index in [1.165, 1.54) is 22.7 Å². The first-order chi connectivity index (χ1) is 8.84. The Labute approximate surface area is 125 Å². The molecular formula is C13H15ClN2OS2. The highest BCUT2D eigenvalue weighted by atomic mass is 35.5. The van der Waals surface area contributed by atoms with Crippen LogP contribution >= 0.6 is 34.3 Å². The summed E-state index contributed by atoms with van der Waals surface area (Å²) in [5.74, 6) is -0.0617. The molecule has 0 atom stereocenters. The zero-order chi connectivity index (χ0) is 14.0. The van der Waals surface area contributed by atoms with Crippen molar-refractivity contribution in [2.45, 2.75) is 32.6 Å². The SMILES string of the molecule is CC(C)(C)c1csc(NC(=O)Cc2ccc(Cl)s2)n1. The molecule has 2 aromatic heterocycles. The number of anilines is 1. The summed E-state index contributed by atoms with van der Waals surface area (Å²) in [6.07, 6.45) is 0.335. The molecule has 0 aliphatic heterocycles. The summed E-state index contributed by atoms with van der Waals surface area (Å²) in [5.41, 5.74) is 0.993. The van der Waals surface area contributed by atoms with Gasteiger partial charge in [-0.15, -0.1) is 22.7 Å². The van der Waals surface area contributed by atoms with Crippen LogP contribution in [-0.4, -0.2) is 10.9 Å². The van der Waals surface area contributed by atoms with Gasteiger partial charge in [-0.2, -0.15) is 0 Å². The molecule has 2 aromatic rings. The molecule has 2 heterocycles. The fourth-order valence-electron chi connectivity index (χ4n) is 1.44. The Morgan fingerprint density at radius 2 is 2.16 bits per heavy atom. The Bertz CT molecular complexity index is 583. The third kappa shape index (κ3) is 4.03. The lowest BCUT2D eigenvalue weighted by Gasteiger charge is -2.14. The maximum Gasteiger partial charge on any atom is 0.231 e. The van der Waals surface area contributed by atoms with E-state index >= 15 is 0 Å². The van der Waals surface area contributed by atoms with Crippen LogP contribution in [0.5, 0.6) is 0 Å². The van der Waals surface area contributed by atoms with E-state index in [0.29, 0.717) is 15.9 Å². The average Bonchev–Trinajstić information content (AvgIpc) is 2.87. The van der Waals surface area contributed by atoms with Gasteiger partial charge < -0.3 is 5.32 Å². The maximum atomic E-state index is 11.9. The van der Waals surface area contributed by atoms with Crippen molar-refractivity contribution >= 4 is 45.3 Å². The molecule has 2 rings (SSSR count). The molecule has 0 aromatic carbocycles. The fraction of sp³-hybridized carbons (Fsp3) is 0.385. The van der Waals surface area contributed by atoms with Gasteiger partial charge in [0.25, 0.3) is 0 Å². The summed E-state index contributed by atoms with van der Waals surface area (Å²) in [4.78, 5) is 17.3. The minimum absolute atomic E-state index is 0.000749. The maximum absolute atomic E-state index is 11.9. The van der Waals surface area contributed by atoms with E-state index in [-0.39, 0.29) is 11.3 Å². The Balaban J connectivity index is 1.97. The first kappa shape index (κ1) is 14.5. The normalized spacial score (nSPS) is 11.6. The zero-order valence-corrected chi connectivity index (χ0v) is 13.4. The van der Waals surface area contributed by atoms with Gasteiger partial charge in [0.1, 0.15) is 0 Å². The molecule has 0 aliphatic rings. The second-order valence-corrected chi connectivity index (χ2v) is 7.88. The number of hydrogen-bond donors (Lipinski definition) is 1. The lowest BCUT2D eigenvalue weighted by atomic mass is 9.93. The first-order valence-electron chi connectivity index (χ1n) is 5.84. The Morgan fingerprint density at radius 3 is 2.68 bits per heavy atom. The van der Waals surface area contributed by atoms with Crippen molar-refractivity contribution in [3.63, 3.8) is 0 Å². The molecule has 0 fully saturated rings. The van der Waals surface area contributed by atoms with E-state index in [0.717, 1.165) is 10.6 Å². The van der Waals surface area contributed by atoms with Crippen LogP contribution in [0.1, 0.15) is 31.3 Å². The lowest BCUT2D eigenvalue weighted by Crippen LogP contribution is -2.15. The van der Waals surface area contributed by atoms with Crippen LogP contribution < -0.4 is 5.32 Å². The largest absolute Gasteiger partial charge is 0.302 e. The summed E-state index contributed by atoms with van der Waals surface area (Å²) in [6.45, 7) is 6.30. The molecule has 0 spiro atoms. The predicted octanol–water partition coefficient (Wildman–Crippen LogP) is 4.34. The molecule has 0 aliphatic carbocycles. The molecular weight excluding hydrogens is 300 g/mol. The number of nitrogens with one attached hydrogen (secondary N) is 1. The van der Waals surface area contributed by atoms with Crippen molar-refractivity contribution in [1.82, 2.24) is 4.98 Å². The van der Waals surface area contributed by atoms with Gasteiger partial charge in [0.15, 0.2) is 5.13 Å². The monoisotopic (exact) mass is 314 g/mol. The predicted molar refractivity (Wildman–Crippen MR) is 82.5 cm³/mol. The molecule has 0 saturated carbocycles. The molecule has 1 amide bonds. The molecule has 1 N–H and O–H groups in total. The molecule has 6 heteroatoms. The number of thiophene rings is 1. The van der Waals surface area contributed by atoms with Gasteiger partial charge in [-0.05, 0) is 12.1 Å². The number of carbonyl (C=O) groups excluding carboxylic acids is 1. The quantitative estimate of drug-likeness (QED) is 0.915. The van der Waals surface area contributed by atoms with Gasteiger partial charge >= 0.3 is 0 Å². The highest BCUT2D eigenvalue weighted by Gasteiger charge is 2.18. The molecule has 102 valence electrons. The van der Waals surface area contributed by atoms with Crippen LogP contribution in [0.3, 0.4) is 0 Å². The van der Waals surface area contributed by atoms with Gasteiger partial charge in [0.05, 0.1) is 16.5 Å². The minimum atomic E-state index is -0.0617. The third-order valence-electron chi connectivity index (χ3n) is 2.48. The van der Waals surface area contributed by atoms with Gasteiger partial charge in [-0.3, -0.25) is 4.79 Å². The molecule has 3 nitrogen and oxygen atoms in total. The molecule has 0 unspecified atom stereocenters. The average molecular weight is 315 g/mol. The number of aromatic nitrogens is 1. The van der Waals surface area contributed by atoms with E-state index in [9.17, 15) is 4.79 Å².